The first-order valence-corrected chi connectivity index (χ1v) is 5.93. The van der Waals surface area contributed by atoms with Crippen LogP contribution in [0.15, 0.2) is 0 Å². The maximum absolute atomic E-state index is 11.9. The van der Waals surface area contributed by atoms with E-state index >= 15 is 0 Å². The van der Waals surface area contributed by atoms with Crippen LogP contribution < -0.4 is 0 Å². The van der Waals surface area contributed by atoms with Gasteiger partial charge in [-0.1, -0.05) is 0 Å². The van der Waals surface area contributed by atoms with Gasteiger partial charge >= 0.3 is 6.09 Å². The van der Waals surface area contributed by atoms with E-state index in [1.165, 1.54) is 0 Å². The van der Waals surface area contributed by atoms with Gasteiger partial charge in [0.1, 0.15) is 5.60 Å². The number of methoxy groups -OCH3 is 1. The Hall–Kier alpha value is -0.770. The summed E-state index contributed by atoms with van der Waals surface area (Å²) in [4.78, 5) is 13.6. The minimum Gasteiger partial charge on any atom is -0.444 e. The SMILES string of the molecule is COC1CCCCN(C(=O)OC(C)(C)C)C1. The van der Waals surface area contributed by atoms with Crippen molar-refractivity contribution in [3.8, 4) is 0 Å². The molecule has 0 N–H and O–H groups in total. The van der Waals surface area contributed by atoms with E-state index in [-0.39, 0.29) is 12.2 Å². The van der Waals surface area contributed by atoms with Gasteiger partial charge in [-0.25, -0.2) is 4.79 Å². The average molecular weight is 229 g/mol. The number of likely N-dealkylation sites (tertiary alicyclic amines) is 1. The normalized spacial score (nSPS) is 22.8. The summed E-state index contributed by atoms with van der Waals surface area (Å²) in [7, 11) is 1.70. The van der Waals surface area contributed by atoms with E-state index in [4.69, 9.17) is 9.47 Å². The van der Waals surface area contributed by atoms with Crippen molar-refractivity contribution in [2.75, 3.05) is 20.2 Å². The first kappa shape index (κ1) is 13.3. The Morgan fingerprint density at radius 2 is 2.00 bits per heavy atom. The lowest BCUT2D eigenvalue weighted by Gasteiger charge is -2.27. The Morgan fingerprint density at radius 3 is 2.56 bits per heavy atom. The van der Waals surface area contributed by atoms with Crippen molar-refractivity contribution in [2.45, 2.75) is 51.7 Å². The van der Waals surface area contributed by atoms with E-state index in [9.17, 15) is 4.79 Å². The number of carbonyl (C=O) groups excluding carboxylic acids is 1. The zero-order valence-corrected chi connectivity index (χ0v) is 10.8. The first-order valence-electron chi connectivity index (χ1n) is 5.93. The third-order valence-electron chi connectivity index (χ3n) is 2.61. The van der Waals surface area contributed by atoms with Gasteiger partial charge in [0.05, 0.1) is 12.6 Å². The Bertz CT molecular complexity index is 235. The van der Waals surface area contributed by atoms with Crippen molar-refractivity contribution in [3.63, 3.8) is 0 Å². The molecule has 1 saturated heterocycles. The molecule has 1 unspecified atom stereocenters. The van der Waals surface area contributed by atoms with Gasteiger partial charge in [0.25, 0.3) is 0 Å². The maximum atomic E-state index is 11.9. The van der Waals surface area contributed by atoms with Crippen LogP contribution >= 0.6 is 0 Å². The van der Waals surface area contributed by atoms with Crippen molar-refractivity contribution in [1.29, 1.82) is 0 Å². The summed E-state index contributed by atoms with van der Waals surface area (Å²) >= 11 is 0. The highest BCUT2D eigenvalue weighted by molar-refractivity contribution is 5.68. The second-order valence-corrected chi connectivity index (χ2v) is 5.28. The third-order valence-corrected chi connectivity index (χ3v) is 2.61. The quantitative estimate of drug-likeness (QED) is 0.693. The van der Waals surface area contributed by atoms with Crippen molar-refractivity contribution >= 4 is 6.09 Å². The van der Waals surface area contributed by atoms with Gasteiger partial charge in [-0.3, -0.25) is 0 Å². The average Bonchev–Trinajstić information content (AvgIpc) is 2.39. The molecule has 1 heterocycles. The van der Waals surface area contributed by atoms with Gasteiger partial charge in [-0.15, -0.1) is 0 Å². The molecule has 0 aliphatic carbocycles. The smallest absolute Gasteiger partial charge is 0.410 e. The third kappa shape index (κ3) is 4.39. The predicted octanol–water partition coefficient (Wildman–Crippen LogP) is 2.42. The van der Waals surface area contributed by atoms with E-state index < -0.39 is 5.60 Å². The van der Waals surface area contributed by atoms with Crippen molar-refractivity contribution in [3.05, 3.63) is 0 Å². The van der Waals surface area contributed by atoms with Crippen LogP contribution in [-0.4, -0.2) is 42.9 Å². The summed E-state index contributed by atoms with van der Waals surface area (Å²) in [6, 6.07) is 0. The first-order chi connectivity index (χ1) is 7.42. The number of hydrogen-bond acceptors (Lipinski definition) is 3. The van der Waals surface area contributed by atoms with Gasteiger partial charge in [0.15, 0.2) is 0 Å². The maximum Gasteiger partial charge on any atom is 0.410 e. The number of nitrogens with zero attached hydrogens (tertiary/aromatic N) is 1. The van der Waals surface area contributed by atoms with Crippen LogP contribution in [0.2, 0.25) is 0 Å². The molecule has 4 heteroatoms. The molecule has 0 spiro atoms. The van der Waals surface area contributed by atoms with E-state index in [1.807, 2.05) is 20.8 Å². The lowest BCUT2D eigenvalue weighted by molar-refractivity contribution is 0.0116. The second kappa shape index (κ2) is 5.53. The zero-order valence-electron chi connectivity index (χ0n) is 10.8. The Kier molecular flexibility index (Phi) is 4.59. The topological polar surface area (TPSA) is 38.8 Å². The largest absolute Gasteiger partial charge is 0.444 e. The van der Waals surface area contributed by atoms with Crippen molar-refractivity contribution in [2.24, 2.45) is 0 Å². The number of ether oxygens (including phenoxy) is 2. The molecule has 1 fully saturated rings. The summed E-state index contributed by atoms with van der Waals surface area (Å²) in [5, 5.41) is 0. The number of rotatable bonds is 1. The van der Waals surface area contributed by atoms with Crippen LogP contribution in [0.1, 0.15) is 40.0 Å². The molecule has 1 aliphatic heterocycles. The van der Waals surface area contributed by atoms with Crippen molar-refractivity contribution < 1.29 is 14.3 Å². The molecule has 0 radical (unpaired) electrons. The fraction of sp³-hybridized carbons (Fsp3) is 0.917. The Balaban J connectivity index is 2.53. The molecule has 1 aliphatic rings. The highest BCUT2D eigenvalue weighted by Crippen LogP contribution is 2.16. The van der Waals surface area contributed by atoms with E-state index in [2.05, 4.69) is 0 Å². The molecule has 94 valence electrons. The van der Waals surface area contributed by atoms with Crippen LogP contribution in [0.3, 0.4) is 0 Å². The summed E-state index contributed by atoms with van der Waals surface area (Å²) in [5.74, 6) is 0. The number of hydrogen-bond donors (Lipinski definition) is 0. The van der Waals surface area contributed by atoms with Crippen LogP contribution in [0.4, 0.5) is 4.79 Å². The fourth-order valence-corrected chi connectivity index (χ4v) is 1.79. The van der Waals surface area contributed by atoms with Crippen molar-refractivity contribution in [1.82, 2.24) is 4.90 Å². The highest BCUT2D eigenvalue weighted by atomic mass is 16.6. The predicted molar refractivity (Wildman–Crippen MR) is 62.5 cm³/mol. The number of carbonyl (C=O) groups is 1. The second-order valence-electron chi connectivity index (χ2n) is 5.28. The highest BCUT2D eigenvalue weighted by Gasteiger charge is 2.26. The zero-order chi connectivity index (χ0) is 12.2. The Labute approximate surface area is 97.9 Å². The minimum absolute atomic E-state index is 0.148. The van der Waals surface area contributed by atoms with Crippen LogP contribution in [-0.2, 0) is 9.47 Å². The molecular formula is C12H23NO3. The molecule has 4 nitrogen and oxygen atoms in total. The molecule has 1 atom stereocenters. The lowest BCUT2D eigenvalue weighted by Crippen LogP contribution is -2.40. The molecule has 0 bridgehead atoms. The summed E-state index contributed by atoms with van der Waals surface area (Å²) in [6.07, 6.45) is 3.08. The van der Waals surface area contributed by atoms with Gasteiger partial charge in [-0.2, -0.15) is 0 Å². The standard InChI is InChI=1S/C12H23NO3/c1-12(2,3)16-11(14)13-8-6-5-7-10(9-13)15-4/h10H,5-9H2,1-4H3. The Morgan fingerprint density at radius 1 is 1.31 bits per heavy atom. The minimum atomic E-state index is -0.425. The van der Waals surface area contributed by atoms with E-state index in [1.54, 1.807) is 12.0 Å². The van der Waals surface area contributed by atoms with Gasteiger partial charge in [0, 0.05) is 13.7 Å². The van der Waals surface area contributed by atoms with Gasteiger partial charge in [0.2, 0.25) is 0 Å². The molecule has 0 aromatic heterocycles. The van der Waals surface area contributed by atoms with Crippen LogP contribution in [0.25, 0.3) is 0 Å². The molecular weight excluding hydrogens is 206 g/mol. The summed E-state index contributed by atoms with van der Waals surface area (Å²) < 4.78 is 10.7. The molecule has 16 heavy (non-hydrogen) atoms. The van der Waals surface area contributed by atoms with Gasteiger partial charge < -0.3 is 14.4 Å². The monoisotopic (exact) mass is 229 g/mol. The van der Waals surface area contributed by atoms with Crippen LogP contribution in [0.5, 0.6) is 0 Å². The molecule has 0 saturated carbocycles. The van der Waals surface area contributed by atoms with E-state index in [0.29, 0.717) is 6.54 Å². The summed E-state index contributed by atoms with van der Waals surface area (Å²) in [5.41, 5.74) is -0.425. The molecule has 1 rings (SSSR count). The lowest BCUT2D eigenvalue weighted by atomic mass is 10.2. The fourth-order valence-electron chi connectivity index (χ4n) is 1.79. The summed E-state index contributed by atoms with van der Waals surface area (Å²) in [6.45, 7) is 7.07. The van der Waals surface area contributed by atoms with Gasteiger partial charge in [-0.05, 0) is 40.0 Å². The number of amides is 1. The van der Waals surface area contributed by atoms with E-state index in [0.717, 1.165) is 25.8 Å². The molecule has 0 aromatic carbocycles. The van der Waals surface area contributed by atoms with Crippen LogP contribution in [0, 0.1) is 0 Å². The molecule has 1 amide bonds. The molecule has 0 aromatic rings.